The number of hydrogen-bond acceptors (Lipinski definition) is 2. The van der Waals surface area contributed by atoms with E-state index in [0.717, 1.165) is 25.7 Å². The zero-order valence-corrected chi connectivity index (χ0v) is 10.2. The van der Waals surface area contributed by atoms with Crippen molar-refractivity contribution in [3.05, 3.63) is 34.9 Å². The van der Waals surface area contributed by atoms with Crippen molar-refractivity contribution in [2.45, 2.75) is 51.2 Å². The maximum atomic E-state index is 9.57. The number of benzene rings is 1. The molecule has 1 aliphatic rings. The molecule has 3 N–H and O–H groups in total. The van der Waals surface area contributed by atoms with E-state index in [0.29, 0.717) is 0 Å². The third kappa shape index (κ3) is 2.00. The summed E-state index contributed by atoms with van der Waals surface area (Å²) in [6.45, 7) is 4.25. The molecule has 0 spiro atoms. The van der Waals surface area contributed by atoms with Crippen molar-refractivity contribution >= 4 is 0 Å². The van der Waals surface area contributed by atoms with Gasteiger partial charge in [0.2, 0.25) is 0 Å². The topological polar surface area (TPSA) is 46.2 Å². The van der Waals surface area contributed by atoms with Gasteiger partial charge < -0.3 is 10.8 Å². The Labute approximate surface area is 97.5 Å². The average molecular weight is 219 g/mol. The summed E-state index contributed by atoms with van der Waals surface area (Å²) in [5.41, 5.74) is 10.2. The third-order valence-corrected chi connectivity index (χ3v) is 3.83. The fourth-order valence-corrected chi connectivity index (χ4v) is 2.97. The molecule has 2 heteroatoms. The third-order valence-electron chi connectivity index (χ3n) is 3.83. The van der Waals surface area contributed by atoms with Crippen molar-refractivity contribution in [2.24, 2.45) is 5.73 Å². The van der Waals surface area contributed by atoms with Crippen molar-refractivity contribution in [1.29, 1.82) is 0 Å². The number of hydrogen-bond donors (Lipinski definition) is 2. The summed E-state index contributed by atoms with van der Waals surface area (Å²) >= 11 is 0. The molecule has 0 unspecified atom stereocenters. The van der Waals surface area contributed by atoms with Crippen molar-refractivity contribution in [3.8, 4) is 0 Å². The lowest BCUT2D eigenvalue weighted by atomic mass is 9.73. The molecule has 1 fully saturated rings. The molecular weight excluding hydrogens is 198 g/mol. The molecule has 1 aromatic carbocycles. The lowest BCUT2D eigenvalue weighted by molar-refractivity contribution is 0.0965. The summed E-state index contributed by atoms with van der Waals surface area (Å²) < 4.78 is 0. The van der Waals surface area contributed by atoms with E-state index in [1.165, 1.54) is 16.7 Å². The minimum Gasteiger partial charge on any atom is -0.393 e. The Bertz CT molecular complexity index is 358. The molecule has 1 aliphatic carbocycles. The minimum atomic E-state index is -0.228. The van der Waals surface area contributed by atoms with Gasteiger partial charge in [0.05, 0.1) is 6.10 Å². The smallest absolute Gasteiger partial charge is 0.0541 e. The molecule has 0 saturated heterocycles. The van der Waals surface area contributed by atoms with Gasteiger partial charge in [-0.25, -0.2) is 0 Å². The second-order valence-electron chi connectivity index (χ2n) is 5.15. The second kappa shape index (κ2) is 4.19. The van der Waals surface area contributed by atoms with Crippen LogP contribution in [0, 0.1) is 13.8 Å². The molecule has 2 nitrogen and oxygen atoms in total. The lowest BCUT2D eigenvalue weighted by Crippen LogP contribution is -2.42. The van der Waals surface area contributed by atoms with Crippen molar-refractivity contribution in [2.75, 3.05) is 0 Å². The van der Waals surface area contributed by atoms with Gasteiger partial charge in [-0.05, 0) is 56.2 Å². The first kappa shape index (κ1) is 11.6. The fourth-order valence-electron chi connectivity index (χ4n) is 2.97. The van der Waals surface area contributed by atoms with Crippen LogP contribution in [0.2, 0.25) is 0 Å². The zero-order chi connectivity index (χ0) is 11.8. The monoisotopic (exact) mass is 219 g/mol. The molecule has 2 rings (SSSR count). The van der Waals surface area contributed by atoms with Crippen LogP contribution in [-0.2, 0) is 5.54 Å². The molecule has 1 saturated carbocycles. The van der Waals surface area contributed by atoms with Crippen LogP contribution in [0.15, 0.2) is 18.2 Å². The normalized spacial score (nSPS) is 30.4. The molecule has 1 aromatic rings. The number of aliphatic hydroxyl groups is 1. The van der Waals surface area contributed by atoms with Crippen LogP contribution < -0.4 is 5.73 Å². The lowest BCUT2D eigenvalue weighted by Gasteiger charge is -2.38. The van der Waals surface area contributed by atoms with Gasteiger partial charge in [-0.15, -0.1) is 0 Å². The van der Waals surface area contributed by atoms with Gasteiger partial charge in [0, 0.05) is 5.54 Å². The van der Waals surface area contributed by atoms with Gasteiger partial charge in [0.15, 0.2) is 0 Å². The van der Waals surface area contributed by atoms with Crippen molar-refractivity contribution in [3.63, 3.8) is 0 Å². The predicted octanol–water partition coefficient (Wildman–Crippen LogP) is 2.39. The predicted molar refractivity (Wildman–Crippen MR) is 66.3 cm³/mol. The highest BCUT2D eigenvalue weighted by atomic mass is 16.3. The van der Waals surface area contributed by atoms with Gasteiger partial charge in [0.1, 0.15) is 0 Å². The van der Waals surface area contributed by atoms with E-state index in [2.05, 4.69) is 32.0 Å². The number of aliphatic hydroxyl groups excluding tert-OH is 1. The van der Waals surface area contributed by atoms with Crippen LogP contribution in [-0.4, -0.2) is 11.2 Å². The van der Waals surface area contributed by atoms with Gasteiger partial charge in [-0.1, -0.05) is 18.2 Å². The average Bonchev–Trinajstić information content (AvgIpc) is 2.23. The molecule has 16 heavy (non-hydrogen) atoms. The summed E-state index contributed by atoms with van der Waals surface area (Å²) in [5, 5.41) is 9.57. The van der Waals surface area contributed by atoms with Crippen molar-refractivity contribution in [1.82, 2.24) is 0 Å². The fraction of sp³-hybridized carbons (Fsp3) is 0.571. The maximum absolute atomic E-state index is 9.57. The van der Waals surface area contributed by atoms with Gasteiger partial charge in [-0.3, -0.25) is 0 Å². The second-order valence-corrected chi connectivity index (χ2v) is 5.15. The largest absolute Gasteiger partial charge is 0.393 e. The maximum Gasteiger partial charge on any atom is 0.0541 e. The summed E-state index contributed by atoms with van der Waals surface area (Å²) in [5.74, 6) is 0. The first-order valence-corrected chi connectivity index (χ1v) is 6.06. The Kier molecular flexibility index (Phi) is 3.04. The van der Waals surface area contributed by atoms with E-state index in [9.17, 15) is 5.11 Å². The SMILES string of the molecule is Cc1cccc(C)c1C1(N)CCC(O)CC1. The van der Waals surface area contributed by atoms with E-state index >= 15 is 0 Å². The van der Waals surface area contributed by atoms with Crippen LogP contribution in [0.25, 0.3) is 0 Å². The van der Waals surface area contributed by atoms with Crippen LogP contribution in [0.1, 0.15) is 42.4 Å². The highest BCUT2D eigenvalue weighted by Crippen LogP contribution is 2.37. The zero-order valence-electron chi connectivity index (χ0n) is 10.2. The molecule has 0 bridgehead atoms. The van der Waals surface area contributed by atoms with E-state index in [1.54, 1.807) is 0 Å². The number of nitrogens with two attached hydrogens (primary N) is 1. The molecule has 88 valence electrons. The first-order valence-electron chi connectivity index (χ1n) is 6.06. The van der Waals surface area contributed by atoms with E-state index < -0.39 is 0 Å². The number of aryl methyl sites for hydroxylation is 2. The molecule has 0 heterocycles. The van der Waals surface area contributed by atoms with Crippen LogP contribution in [0.5, 0.6) is 0 Å². The molecular formula is C14H21NO. The van der Waals surface area contributed by atoms with E-state index in [4.69, 9.17) is 5.73 Å². The Hall–Kier alpha value is -0.860. The minimum absolute atomic E-state index is 0.152. The van der Waals surface area contributed by atoms with Gasteiger partial charge in [-0.2, -0.15) is 0 Å². The Morgan fingerprint density at radius 3 is 2.19 bits per heavy atom. The molecule has 0 atom stereocenters. The van der Waals surface area contributed by atoms with Gasteiger partial charge in [0.25, 0.3) is 0 Å². The van der Waals surface area contributed by atoms with Crippen molar-refractivity contribution < 1.29 is 5.11 Å². The molecule has 0 aromatic heterocycles. The van der Waals surface area contributed by atoms with Gasteiger partial charge >= 0.3 is 0 Å². The summed E-state index contributed by atoms with van der Waals surface area (Å²) in [6.07, 6.45) is 3.27. The Morgan fingerprint density at radius 1 is 1.19 bits per heavy atom. The first-order chi connectivity index (χ1) is 7.53. The standard InChI is InChI=1S/C14H21NO/c1-10-4-3-5-11(2)13(10)14(15)8-6-12(16)7-9-14/h3-5,12,16H,6-9,15H2,1-2H3. The van der Waals surface area contributed by atoms with Crippen LogP contribution in [0.3, 0.4) is 0 Å². The summed E-state index contributed by atoms with van der Waals surface area (Å²) in [7, 11) is 0. The highest BCUT2D eigenvalue weighted by Gasteiger charge is 2.34. The number of rotatable bonds is 1. The molecule has 0 aliphatic heterocycles. The Morgan fingerprint density at radius 2 is 1.69 bits per heavy atom. The van der Waals surface area contributed by atoms with E-state index in [1.807, 2.05) is 0 Å². The molecule has 0 amide bonds. The Balaban J connectivity index is 2.36. The van der Waals surface area contributed by atoms with Crippen LogP contribution in [0.4, 0.5) is 0 Å². The summed E-state index contributed by atoms with van der Waals surface area (Å²) in [6, 6.07) is 6.33. The molecule has 0 radical (unpaired) electrons. The highest BCUT2D eigenvalue weighted by molar-refractivity contribution is 5.39. The van der Waals surface area contributed by atoms with Crippen LogP contribution >= 0.6 is 0 Å². The quantitative estimate of drug-likeness (QED) is 0.762. The van der Waals surface area contributed by atoms with E-state index in [-0.39, 0.29) is 11.6 Å². The summed E-state index contributed by atoms with van der Waals surface area (Å²) in [4.78, 5) is 0.